The lowest BCUT2D eigenvalue weighted by Crippen LogP contribution is -2.42. The third-order valence-corrected chi connectivity index (χ3v) is 3.51. The number of halogens is 1. The maximum atomic E-state index is 9.25. The number of nitrogens with two attached hydrogens (primary N) is 1. The van der Waals surface area contributed by atoms with Gasteiger partial charge in [0.2, 0.25) is 0 Å². The third kappa shape index (κ3) is 1.33. The van der Waals surface area contributed by atoms with Crippen molar-refractivity contribution in [1.82, 2.24) is 4.98 Å². The summed E-state index contributed by atoms with van der Waals surface area (Å²) in [5.74, 6) is 0. The minimum absolute atomic E-state index is 0.0181. The molecule has 1 unspecified atom stereocenters. The number of aliphatic hydroxyl groups is 1. The predicted octanol–water partition coefficient (Wildman–Crippen LogP) is 1.26. The predicted molar refractivity (Wildman–Crippen MR) is 54.4 cm³/mol. The minimum atomic E-state index is -0.532. The van der Waals surface area contributed by atoms with Crippen LogP contribution in [-0.2, 0) is 12.0 Å². The molecule has 1 heterocycles. The summed E-state index contributed by atoms with van der Waals surface area (Å²) in [6.45, 7) is 0.0181. The lowest BCUT2D eigenvalue weighted by molar-refractivity contribution is 0.179. The van der Waals surface area contributed by atoms with Gasteiger partial charge in [0, 0.05) is 6.20 Å². The molecule has 0 aliphatic heterocycles. The van der Waals surface area contributed by atoms with Crippen molar-refractivity contribution >= 4 is 15.9 Å². The number of nitrogens with one attached hydrogen (secondary N) is 1. The number of rotatable bonds is 1. The van der Waals surface area contributed by atoms with E-state index in [-0.39, 0.29) is 6.61 Å². The number of H-pyrrole nitrogens is 1. The normalized spacial score (nSPS) is 27.3. The molecule has 1 aromatic rings. The van der Waals surface area contributed by atoms with Crippen molar-refractivity contribution in [1.29, 1.82) is 0 Å². The third-order valence-electron chi connectivity index (χ3n) is 2.80. The van der Waals surface area contributed by atoms with Crippen molar-refractivity contribution < 1.29 is 5.11 Å². The number of hydrogen-bond donors (Lipinski definition) is 3. The van der Waals surface area contributed by atoms with Gasteiger partial charge in [-0.25, -0.2) is 0 Å². The van der Waals surface area contributed by atoms with Gasteiger partial charge >= 0.3 is 0 Å². The Labute approximate surface area is 85.5 Å². The Kier molecular flexibility index (Phi) is 2.21. The van der Waals surface area contributed by atoms with Crippen LogP contribution >= 0.6 is 15.9 Å². The van der Waals surface area contributed by atoms with Crippen molar-refractivity contribution in [2.45, 2.75) is 24.8 Å². The van der Waals surface area contributed by atoms with Crippen LogP contribution in [0.3, 0.4) is 0 Å². The molecular weight excluding hydrogens is 232 g/mol. The molecule has 13 heavy (non-hydrogen) atoms. The highest BCUT2D eigenvalue weighted by atomic mass is 79.9. The number of aliphatic hydroxyl groups excluding tert-OH is 1. The van der Waals surface area contributed by atoms with E-state index in [1.165, 1.54) is 5.56 Å². The molecule has 0 fully saturated rings. The Morgan fingerprint density at radius 1 is 1.69 bits per heavy atom. The molecule has 0 bridgehead atoms. The molecule has 0 radical (unpaired) electrons. The highest BCUT2D eigenvalue weighted by Gasteiger charge is 2.33. The van der Waals surface area contributed by atoms with Gasteiger partial charge in [0.15, 0.2) is 0 Å². The van der Waals surface area contributed by atoms with Crippen molar-refractivity contribution in [2.75, 3.05) is 6.61 Å². The molecule has 2 rings (SSSR count). The number of aromatic amines is 1. The van der Waals surface area contributed by atoms with Crippen LogP contribution in [0.5, 0.6) is 0 Å². The first kappa shape index (κ1) is 9.24. The van der Waals surface area contributed by atoms with E-state index < -0.39 is 5.54 Å². The van der Waals surface area contributed by atoms with Gasteiger partial charge in [-0.1, -0.05) is 0 Å². The van der Waals surface area contributed by atoms with Gasteiger partial charge in [-0.2, -0.15) is 0 Å². The number of fused-ring (bicyclic) bond motifs is 1. The van der Waals surface area contributed by atoms with E-state index in [4.69, 9.17) is 5.73 Å². The van der Waals surface area contributed by atoms with E-state index in [1.807, 2.05) is 6.20 Å². The quantitative estimate of drug-likeness (QED) is 0.697. The maximum Gasteiger partial charge on any atom is 0.0856 e. The van der Waals surface area contributed by atoms with Crippen molar-refractivity contribution in [2.24, 2.45) is 5.73 Å². The highest BCUT2D eigenvalue weighted by molar-refractivity contribution is 9.10. The van der Waals surface area contributed by atoms with E-state index in [0.29, 0.717) is 0 Å². The molecule has 0 amide bonds. The first-order valence-corrected chi connectivity index (χ1v) is 5.22. The van der Waals surface area contributed by atoms with Crippen molar-refractivity contribution in [3.63, 3.8) is 0 Å². The fraction of sp³-hybridized carbons (Fsp3) is 0.556. The molecule has 3 nitrogen and oxygen atoms in total. The zero-order valence-corrected chi connectivity index (χ0v) is 8.89. The first-order chi connectivity index (χ1) is 6.17. The lowest BCUT2D eigenvalue weighted by atomic mass is 9.80. The number of hydrogen-bond acceptors (Lipinski definition) is 2. The molecule has 1 aliphatic rings. The molecule has 0 spiro atoms. The van der Waals surface area contributed by atoms with Crippen LogP contribution in [0.2, 0.25) is 0 Å². The van der Waals surface area contributed by atoms with Crippen LogP contribution in [0.15, 0.2) is 10.8 Å². The van der Waals surface area contributed by atoms with Gasteiger partial charge in [0.05, 0.1) is 16.7 Å². The maximum absolute atomic E-state index is 9.25. The lowest BCUT2D eigenvalue weighted by Gasteiger charge is -2.31. The van der Waals surface area contributed by atoms with Crippen LogP contribution in [0.25, 0.3) is 0 Å². The summed E-state index contributed by atoms with van der Waals surface area (Å²) in [5, 5.41) is 9.25. The van der Waals surface area contributed by atoms with Crippen molar-refractivity contribution in [3.05, 3.63) is 21.9 Å². The summed E-state index contributed by atoms with van der Waals surface area (Å²) in [6, 6.07) is 0. The summed E-state index contributed by atoms with van der Waals surface area (Å²) in [6.07, 6.45) is 4.84. The molecule has 1 aliphatic carbocycles. The average Bonchev–Trinajstić information content (AvgIpc) is 2.50. The van der Waals surface area contributed by atoms with Gasteiger partial charge in [0.25, 0.3) is 0 Å². The molecule has 1 atom stereocenters. The fourth-order valence-corrected chi connectivity index (χ4v) is 2.52. The number of aromatic nitrogens is 1. The summed E-state index contributed by atoms with van der Waals surface area (Å²) in [7, 11) is 0. The van der Waals surface area contributed by atoms with Gasteiger partial charge in [-0.15, -0.1) is 0 Å². The van der Waals surface area contributed by atoms with E-state index in [2.05, 4.69) is 20.9 Å². The van der Waals surface area contributed by atoms with Gasteiger partial charge in [-0.3, -0.25) is 0 Å². The smallest absolute Gasteiger partial charge is 0.0856 e. The van der Waals surface area contributed by atoms with E-state index in [0.717, 1.165) is 29.4 Å². The second-order valence-electron chi connectivity index (χ2n) is 3.66. The SMILES string of the molecule is NC1(CO)CCCc2c1c[nH]c2Br. The summed E-state index contributed by atoms with van der Waals surface area (Å²) < 4.78 is 1.01. The van der Waals surface area contributed by atoms with Gasteiger partial charge < -0.3 is 15.8 Å². The van der Waals surface area contributed by atoms with E-state index >= 15 is 0 Å². The van der Waals surface area contributed by atoms with Crippen molar-refractivity contribution in [3.8, 4) is 0 Å². The summed E-state index contributed by atoms with van der Waals surface area (Å²) in [4.78, 5) is 3.09. The van der Waals surface area contributed by atoms with Crippen LogP contribution in [0.4, 0.5) is 0 Å². The Bertz CT molecular complexity index is 323. The zero-order valence-electron chi connectivity index (χ0n) is 7.31. The molecule has 0 saturated heterocycles. The van der Waals surface area contributed by atoms with Crippen LogP contribution in [0, 0.1) is 0 Å². The Balaban J connectivity index is 2.49. The monoisotopic (exact) mass is 244 g/mol. The molecule has 4 N–H and O–H groups in total. The minimum Gasteiger partial charge on any atom is -0.394 e. The topological polar surface area (TPSA) is 62.0 Å². The van der Waals surface area contributed by atoms with E-state index in [9.17, 15) is 5.11 Å². The Morgan fingerprint density at radius 2 is 2.46 bits per heavy atom. The van der Waals surface area contributed by atoms with Crippen LogP contribution < -0.4 is 5.73 Å². The Hall–Kier alpha value is -0.320. The molecule has 72 valence electrons. The standard InChI is InChI=1S/C9H13BrN2O/c10-8-6-2-1-3-9(11,5-13)7(6)4-12-8/h4,12-13H,1-3,5,11H2. The Morgan fingerprint density at radius 3 is 3.15 bits per heavy atom. The van der Waals surface area contributed by atoms with Gasteiger partial charge in [-0.05, 0) is 46.3 Å². The second-order valence-corrected chi connectivity index (χ2v) is 4.46. The second kappa shape index (κ2) is 3.12. The van der Waals surface area contributed by atoms with Crippen LogP contribution in [0.1, 0.15) is 24.0 Å². The largest absolute Gasteiger partial charge is 0.394 e. The average molecular weight is 245 g/mol. The molecular formula is C9H13BrN2O. The van der Waals surface area contributed by atoms with Gasteiger partial charge in [0.1, 0.15) is 0 Å². The fourth-order valence-electron chi connectivity index (χ4n) is 2.00. The van der Waals surface area contributed by atoms with Crippen LogP contribution in [-0.4, -0.2) is 16.7 Å². The zero-order chi connectivity index (χ0) is 9.47. The summed E-state index contributed by atoms with van der Waals surface area (Å²) in [5.41, 5.74) is 7.85. The molecule has 0 saturated carbocycles. The highest BCUT2D eigenvalue weighted by Crippen LogP contribution is 2.36. The summed E-state index contributed by atoms with van der Waals surface area (Å²) >= 11 is 3.44. The molecule has 1 aromatic heterocycles. The molecule has 4 heteroatoms. The molecule has 0 aromatic carbocycles. The first-order valence-electron chi connectivity index (χ1n) is 4.43. The van der Waals surface area contributed by atoms with E-state index in [1.54, 1.807) is 0 Å².